The lowest BCUT2D eigenvalue weighted by atomic mass is 9.68. The van der Waals surface area contributed by atoms with Crippen molar-refractivity contribution in [3.8, 4) is 0 Å². The molecule has 2 aliphatic carbocycles. The molecular weight excluding hydrogens is 330 g/mol. The molecule has 1 N–H and O–H groups in total. The van der Waals surface area contributed by atoms with Gasteiger partial charge in [-0.15, -0.1) is 0 Å². The Labute approximate surface area is 154 Å². The molecule has 5 fully saturated rings. The molecule has 142 valence electrons. The Balaban J connectivity index is 1.28. The quantitative estimate of drug-likeness (QED) is 0.897. The van der Waals surface area contributed by atoms with Crippen molar-refractivity contribution in [2.75, 3.05) is 19.6 Å². The second kappa shape index (κ2) is 6.64. The third-order valence-electron chi connectivity index (χ3n) is 7.01. The van der Waals surface area contributed by atoms with Crippen LogP contribution in [0.1, 0.15) is 61.2 Å². The number of rotatable bonds is 3. The molecule has 4 heterocycles. The predicted molar refractivity (Wildman–Crippen MR) is 95.4 cm³/mol. The maximum atomic E-state index is 13.1. The van der Waals surface area contributed by atoms with Crippen LogP contribution in [0.15, 0.2) is 10.6 Å². The number of amides is 1. The molecule has 6 rings (SSSR count). The zero-order valence-corrected chi connectivity index (χ0v) is 15.3. The number of aromatic nitrogens is 1. The van der Waals surface area contributed by atoms with Crippen molar-refractivity contribution in [2.45, 2.75) is 63.6 Å². The first-order valence-corrected chi connectivity index (χ1v) is 10.3. The van der Waals surface area contributed by atoms with Crippen LogP contribution in [0.2, 0.25) is 0 Å². The molecule has 4 bridgehead atoms. The molecule has 5 aliphatic rings. The number of piperidine rings is 1. The summed E-state index contributed by atoms with van der Waals surface area (Å²) in [5.41, 5.74) is 0.457. The van der Waals surface area contributed by atoms with Crippen molar-refractivity contribution in [1.82, 2.24) is 15.0 Å². The number of nitrogens with zero attached hydrogens (tertiary/aromatic N) is 3. The molecule has 1 amide bonds. The zero-order chi connectivity index (χ0) is 17.7. The topological polar surface area (TPSA) is 69.8 Å². The highest BCUT2D eigenvalue weighted by atomic mass is 16.5. The standard InChI is InChI=1S/C20H29N3O3/c24-17-2-1-3-22(11-17)12-18-9-19(21-26-18)20(25)23-10-15-5-13-4-14(6-15)8-16(23)7-13/h9,13-17,24H,1-8,10-12H2/t13-,14+,15?,16?,17?. The fraction of sp³-hybridized carbons (Fsp3) is 0.800. The fourth-order valence-corrected chi connectivity index (χ4v) is 6.06. The minimum Gasteiger partial charge on any atom is -0.392 e. The van der Waals surface area contributed by atoms with Gasteiger partial charge in [-0.3, -0.25) is 9.69 Å². The van der Waals surface area contributed by atoms with Gasteiger partial charge in [-0.05, 0) is 69.2 Å². The van der Waals surface area contributed by atoms with Gasteiger partial charge in [-0.2, -0.15) is 0 Å². The van der Waals surface area contributed by atoms with Crippen molar-refractivity contribution in [3.63, 3.8) is 0 Å². The van der Waals surface area contributed by atoms with Gasteiger partial charge in [0.2, 0.25) is 0 Å². The van der Waals surface area contributed by atoms with Crippen molar-refractivity contribution in [2.24, 2.45) is 17.8 Å². The lowest BCUT2D eigenvalue weighted by Crippen LogP contribution is -2.42. The van der Waals surface area contributed by atoms with Gasteiger partial charge in [-0.25, -0.2) is 0 Å². The number of aliphatic hydroxyl groups excluding tert-OH is 1. The molecule has 3 saturated heterocycles. The number of β-amino-alcohol motifs (C(OH)–C–C–N with tert-alkyl or cyclic N) is 1. The van der Waals surface area contributed by atoms with Crippen molar-refractivity contribution >= 4 is 5.91 Å². The maximum absolute atomic E-state index is 13.1. The average molecular weight is 359 g/mol. The molecule has 0 radical (unpaired) electrons. The molecule has 3 unspecified atom stereocenters. The Kier molecular flexibility index (Phi) is 4.28. The first kappa shape index (κ1) is 16.8. The lowest BCUT2D eigenvalue weighted by Gasteiger charge is -2.38. The van der Waals surface area contributed by atoms with E-state index in [2.05, 4.69) is 15.0 Å². The van der Waals surface area contributed by atoms with Crippen molar-refractivity contribution in [3.05, 3.63) is 17.5 Å². The summed E-state index contributed by atoms with van der Waals surface area (Å²) in [4.78, 5) is 17.4. The van der Waals surface area contributed by atoms with Crippen LogP contribution in [0.25, 0.3) is 0 Å². The summed E-state index contributed by atoms with van der Waals surface area (Å²) in [6.45, 7) is 3.15. The summed E-state index contributed by atoms with van der Waals surface area (Å²) in [6, 6.07) is 2.22. The van der Waals surface area contributed by atoms with Crippen LogP contribution in [-0.2, 0) is 6.54 Å². The van der Waals surface area contributed by atoms with Crippen LogP contribution >= 0.6 is 0 Å². The van der Waals surface area contributed by atoms with E-state index in [1.165, 1.54) is 32.1 Å². The number of hydrogen-bond acceptors (Lipinski definition) is 5. The molecule has 1 aromatic rings. The molecule has 5 atom stereocenters. The maximum Gasteiger partial charge on any atom is 0.276 e. The SMILES string of the molecule is O=C(c1cc(CN2CCCC(O)C2)on1)N1CC2C[C@@H]3CC1C[C@H](C2)C3. The van der Waals surface area contributed by atoms with Crippen LogP contribution in [0.4, 0.5) is 0 Å². The van der Waals surface area contributed by atoms with Gasteiger partial charge in [0.25, 0.3) is 5.91 Å². The summed E-state index contributed by atoms with van der Waals surface area (Å²) in [6.07, 6.45) is 7.96. The normalized spacial score (nSPS) is 37.1. The zero-order valence-electron chi connectivity index (χ0n) is 15.3. The average Bonchev–Trinajstić information content (AvgIpc) is 2.97. The Morgan fingerprint density at radius 2 is 1.92 bits per heavy atom. The predicted octanol–water partition coefficient (Wildman–Crippen LogP) is 2.28. The van der Waals surface area contributed by atoms with E-state index >= 15 is 0 Å². The van der Waals surface area contributed by atoms with Crippen LogP contribution in [0.5, 0.6) is 0 Å². The van der Waals surface area contributed by atoms with E-state index in [1.807, 2.05) is 6.07 Å². The molecule has 1 aromatic heterocycles. The number of hydrogen-bond donors (Lipinski definition) is 1. The van der Waals surface area contributed by atoms with Gasteiger partial charge in [-0.1, -0.05) is 5.16 Å². The number of aliphatic hydroxyl groups is 1. The molecular formula is C20H29N3O3. The van der Waals surface area contributed by atoms with E-state index in [1.54, 1.807) is 0 Å². The van der Waals surface area contributed by atoms with E-state index in [-0.39, 0.29) is 12.0 Å². The van der Waals surface area contributed by atoms with Crippen LogP contribution in [-0.4, -0.2) is 57.8 Å². The summed E-state index contributed by atoms with van der Waals surface area (Å²) in [5.74, 6) is 3.11. The molecule has 26 heavy (non-hydrogen) atoms. The van der Waals surface area contributed by atoms with E-state index in [9.17, 15) is 9.90 Å². The third kappa shape index (κ3) is 3.18. The van der Waals surface area contributed by atoms with Crippen molar-refractivity contribution in [1.29, 1.82) is 0 Å². The highest BCUT2D eigenvalue weighted by Gasteiger charge is 2.44. The lowest BCUT2D eigenvalue weighted by molar-refractivity contribution is 0.0616. The van der Waals surface area contributed by atoms with Crippen LogP contribution in [0.3, 0.4) is 0 Å². The van der Waals surface area contributed by atoms with Crippen LogP contribution < -0.4 is 0 Å². The van der Waals surface area contributed by atoms with Gasteiger partial charge in [0, 0.05) is 25.2 Å². The number of likely N-dealkylation sites (tertiary alicyclic amines) is 1. The number of carbonyl (C=O) groups excluding carboxylic acids is 1. The Hall–Kier alpha value is -1.40. The molecule has 3 aliphatic heterocycles. The van der Waals surface area contributed by atoms with E-state index in [4.69, 9.17) is 4.52 Å². The highest BCUT2D eigenvalue weighted by molar-refractivity contribution is 5.92. The van der Waals surface area contributed by atoms with E-state index in [0.717, 1.165) is 43.5 Å². The largest absolute Gasteiger partial charge is 0.392 e. The van der Waals surface area contributed by atoms with Crippen LogP contribution in [0, 0.1) is 17.8 Å². The number of fused-ring (bicyclic) bond motifs is 1. The summed E-state index contributed by atoms with van der Waals surface area (Å²) in [5, 5.41) is 13.9. The second-order valence-corrected chi connectivity index (χ2v) is 9.10. The molecule has 2 saturated carbocycles. The highest BCUT2D eigenvalue weighted by Crippen LogP contribution is 2.47. The molecule has 0 spiro atoms. The van der Waals surface area contributed by atoms with Gasteiger partial charge < -0.3 is 14.5 Å². The molecule has 6 nitrogen and oxygen atoms in total. The minimum absolute atomic E-state index is 0.0527. The minimum atomic E-state index is -0.254. The van der Waals surface area contributed by atoms with E-state index in [0.29, 0.717) is 30.7 Å². The smallest absolute Gasteiger partial charge is 0.276 e. The summed E-state index contributed by atoms with van der Waals surface area (Å²) >= 11 is 0. The first-order chi connectivity index (χ1) is 12.6. The molecule has 6 heteroatoms. The summed E-state index contributed by atoms with van der Waals surface area (Å²) < 4.78 is 5.47. The van der Waals surface area contributed by atoms with Gasteiger partial charge in [0.15, 0.2) is 11.5 Å². The molecule has 0 aromatic carbocycles. The monoisotopic (exact) mass is 359 g/mol. The van der Waals surface area contributed by atoms with E-state index < -0.39 is 0 Å². The van der Waals surface area contributed by atoms with Gasteiger partial charge in [0.05, 0.1) is 12.6 Å². The van der Waals surface area contributed by atoms with Gasteiger partial charge >= 0.3 is 0 Å². The Bertz CT molecular complexity index is 661. The van der Waals surface area contributed by atoms with Gasteiger partial charge in [0.1, 0.15) is 0 Å². The van der Waals surface area contributed by atoms with Crippen molar-refractivity contribution < 1.29 is 14.4 Å². The fourth-order valence-electron chi connectivity index (χ4n) is 6.06. The Morgan fingerprint density at radius 1 is 1.15 bits per heavy atom. The number of carbonyl (C=O) groups is 1. The third-order valence-corrected chi connectivity index (χ3v) is 7.01. The Morgan fingerprint density at radius 3 is 2.69 bits per heavy atom. The first-order valence-electron chi connectivity index (χ1n) is 10.3. The second-order valence-electron chi connectivity index (χ2n) is 9.10. The summed E-state index contributed by atoms with van der Waals surface area (Å²) in [7, 11) is 0.